The molecular weight excluding hydrogens is 463 g/mol. The predicted octanol–water partition coefficient (Wildman–Crippen LogP) is 3.77. The lowest BCUT2D eigenvalue weighted by molar-refractivity contribution is -0.123. The number of fused-ring (bicyclic) bond motifs is 2. The van der Waals surface area contributed by atoms with Gasteiger partial charge in [-0.25, -0.2) is 9.37 Å². The second-order valence-corrected chi connectivity index (χ2v) is 9.59. The Morgan fingerprint density at radius 2 is 1.97 bits per heavy atom. The number of ketones is 1. The molecule has 9 heteroatoms. The van der Waals surface area contributed by atoms with Crippen LogP contribution in [0.3, 0.4) is 0 Å². The number of Topliss-reactive ketones (excluding diaryl/α,β-unsaturated/α-hetero) is 1. The number of carbonyl (C=O) groups is 2. The molecular formula is C27H25FN4O4. The zero-order valence-electron chi connectivity index (χ0n) is 19.8. The summed E-state index contributed by atoms with van der Waals surface area (Å²) in [6, 6.07) is 12.6. The fraction of sp³-hybridized carbons (Fsp3) is 0.259. The van der Waals surface area contributed by atoms with Crippen LogP contribution in [0.5, 0.6) is 5.75 Å². The molecule has 1 aliphatic heterocycles. The number of ether oxygens (including phenoxy) is 1. The molecule has 184 valence electrons. The summed E-state index contributed by atoms with van der Waals surface area (Å²) < 4.78 is 19.4. The topological polar surface area (TPSA) is 131 Å². The monoisotopic (exact) mass is 488 g/mol. The zero-order chi connectivity index (χ0) is 25.7. The van der Waals surface area contributed by atoms with Crippen LogP contribution < -0.4 is 10.5 Å². The van der Waals surface area contributed by atoms with Gasteiger partial charge >= 0.3 is 0 Å². The van der Waals surface area contributed by atoms with Gasteiger partial charge in [0.25, 0.3) is 0 Å². The van der Waals surface area contributed by atoms with E-state index in [1.165, 1.54) is 12.1 Å². The first-order valence-electron chi connectivity index (χ1n) is 11.5. The van der Waals surface area contributed by atoms with Crippen molar-refractivity contribution in [2.75, 3.05) is 6.61 Å². The maximum Gasteiger partial charge on any atom is 0.231 e. The van der Waals surface area contributed by atoms with Crippen LogP contribution in [-0.4, -0.2) is 38.6 Å². The number of aliphatic hydroxyl groups is 1. The molecule has 0 radical (unpaired) electrons. The molecule has 5 rings (SSSR count). The van der Waals surface area contributed by atoms with E-state index in [0.29, 0.717) is 28.1 Å². The van der Waals surface area contributed by atoms with E-state index in [1.54, 1.807) is 56.4 Å². The van der Waals surface area contributed by atoms with Crippen molar-refractivity contribution in [1.29, 1.82) is 0 Å². The number of nitrogens with one attached hydrogen (secondary N) is 1. The predicted molar refractivity (Wildman–Crippen MR) is 131 cm³/mol. The maximum atomic E-state index is 13.6. The fourth-order valence-electron chi connectivity index (χ4n) is 4.41. The summed E-state index contributed by atoms with van der Waals surface area (Å²) in [7, 11) is 0. The van der Waals surface area contributed by atoms with Crippen LogP contribution in [-0.2, 0) is 15.8 Å². The highest BCUT2D eigenvalue weighted by Gasteiger charge is 2.45. The van der Waals surface area contributed by atoms with Crippen molar-refractivity contribution < 1.29 is 23.8 Å². The summed E-state index contributed by atoms with van der Waals surface area (Å²) in [5.74, 6) is -0.753. The fourth-order valence-corrected chi connectivity index (χ4v) is 4.41. The summed E-state index contributed by atoms with van der Waals surface area (Å²) in [6.45, 7) is 3.26. The van der Waals surface area contributed by atoms with E-state index >= 15 is 0 Å². The molecule has 2 aromatic carbocycles. The minimum atomic E-state index is -1.51. The van der Waals surface area contributed by atoms with Crippen LogP contribution in [0.1, 0.15) is 48.3 Å². The lowest BCUT2D eigenvalue weighted by Gasteiger charge is -2.26. The number of nitrogens with zero attached hydrogens (tertiary/aromatic N) is 2. The van der Waals surface area contributed by atoms with Crippen LogP contribution in [0.15, 0.2) is 54.7 Å². The number of halogens is 1. The van der Waals surface area contributed by atoms with Gasteiger partial charge in [-0.3, -0.25) is 14.7 Å². The van der Waals surface area contributed by atoms with Crippen molar-refractivity contribution in [2.45, 2.75) is 37.7 Å². The summed E-state index contributed by atoms with van der Waals surface area (Å²) in [4.78, 5) is 29.9. The number of H-pyrrole nitrogens is 1. The first-order valence-corrected chi connectivity index (χ1v) is 11.5. The molecule has 2 aromatic heterocycles. The van der Waals surface area contributed by atoms with Gasteiger partial charge in [-0.2, -0.15) is 5.10 Å². The van der Waals surface area contributed by atoms with Crippen molar-refractivity contribution >= 4 is 22.6 Å². The molecule has 0 aliphatic carbocycles. The summed E-state index contributed by atoms with van der Waals surface area (Å²) >= 11 is 0. The van der Waals surface area contributed by atoms with E-state index in [1.807, 2.05) is 0 Å². The number of nitrogens with two attached hydrogens (primary N) is 1. The Balaban J connectivity index is 1.50. The Hall–Kier alpha value is -4.11. The highest BCUT2D eigenvalue weighted by Crippen LogP contribution is 2.45. The molecule has 0 spiro atoms. The Kier molecular flexibility index (Phi) is 5.60. The van der Waals surface area contributed by atoms with Crippen LogP contribution in [0, 0.1) is 5.82 Å². The number of benzene rings is 2. The van der Waals surface area contributed by atoms with E-state index in [4.69, 9.17) is 10.5 Å². The second kappa shape index (κ2) is 8.53. The van der Waals surface area contributed by atoms with Gasteiger partial charge in [-0.1, -0.05) is 0 Å². The minimum Gasteiger partial charge on any atom is -0.489 e. The quantitative estimate of drug-likeness (QED) is 0.340. The first kappa shape index (κ1) is 23.6. The smallest absolute Gasteiger partial charge is 0.231 e. The van der Waals surface area contributed by atoms with E-state index in [9.17, 15) is 19.1 Å². The average molecular weight is 489 g/mol. The summed E-state index contributed by atoms with van der Waals surface area (Å²) in [5, 5.41) is 19.1. The SMILES string of the molecule is C[C@](O)(CCC(=O)c1ccc2[nH]ncc2c1)c1cc2c(c(-c3ccc(F)cc3)n1)OC[C@]2(C)C(N)=O. The highest BCUT2D eigenvalue weighted by molar-refractivity contribution is 5.99. The van der Waals surface area contributed by atoms with Crippen molar-refractivity contribution in [3.63, 3.8) is 0 Å². The second-order valence-electron chi connectivity index (χ2n) is 9.59. The minimum absolute atomic E-state index is 0.0219. The van der Waals surface area contributed by atoms with Gasteiger partial charge < -0.3 is 15.6 Å². The normalized spacial score (nSPS) is 18.4. The van der Waals surface area contributed by atoms with Gasteiger partial charge in [-0.15, -0.1) is 0 Å². The number of carbonyl (C=O) groups excluding carboxylic acids is 2. The Bertz CT molecular complexity index is 1500. The van der Waals surface area contributed by atoms with E-state index in [0.717, 1.165) is 10.9 Å². The third kappa shape index (κ3) is 4.01. The van der Waals surface area contributed by atoms with Crippen molar-refractivity contribution in [3.05, 3.63) is 77.4 Å². The van der Waals surface area contributed by atoms with Gasteiger partial charge in [0, 0.05) is 28.5 Å². The molecule has 1 aliphatic rings. The Morgan fingerprint density at radius 1 is 1.22 bits per heavy atom. The maximum absolute atomic E-state index is 13.6. The number of aromatic nitrogens is 3. The molecule has 1 amide bonds. The molecule has 4 N–H and O–H groups in total. The van der Waals surface area contributed by atoms with Gasteiger partial charge in [0.2, 0.25) is 5.91 Å². The van der Waals surface area contributed by atoms with Crippen molar-refractivity contribution in [3.8, 4) is 17.0 Å². The largest absolute Gasteiger partial charge is 0.489 e. The Morgan fingerprint density at radius 3 is 2.69 bits per heavy atom. The van der Waals surface area contributed by atoms with Crippen LogP contribution in [0.25, 0.3) is 22.2 Å². The van der Waals surface area contributed by atoms with Gasteiger partial charge in [0.05, 0.1) is 17.4 Å². The first-order chi connectivity index (χ1) is 17.1. The lowest BCUT2D eigenvalue weighted by atomic mass is 9.81. The number of aromatic amines is 1. The van der Waals surface area contributed by atoms with Crippen molar-refractivity contribution in [2.24, 2.45) is 5.73 Å². The molecule has 36 heavy (non-hydrogen) atoms. The molecule has 0 unspecified atom stereocenters. The molecule has 4 aromatic rings. The summed E-state index contributed by atoms with van der Waals surface area (Å²) in [6.07, 6.45) is 1.79. The zero-order valence-corrected chi connectivity index (χ0v) is 19.8. The van der Waals surface area contributed by atoms with Crippen molar-refractivity contribution in [1.82, 2.24) is 15.2 Å². The standard InChI is InChI=1S/C27H25FN4O4/c1-26(25(29)34)14-36-24-19(26)12-22(31-23(24)15-3-6-18(28)7-4-15)27(2,35)10-9-21(33)16-5-8-20-17(11-16)13-30-32-20/h3-8,11-13,35H,9-10,14H2,1-2H3,(H2,29,34)(H,30,32)/t26-,27-/m0/s1. The lowest BCUT2D eigenvalue weighted by Crippen LogP contribution is -2.40. The van der Waals surface area contributed by atoms with Gasteiger partial charge in [0.1, 0.15) is 34.9 Å². The van der Waals surface area contributed by atoms with Gasteiger partial charge in [-0.05, 0) is 68.8 Å². The van der Waals surface area contributed by atoms with Crippen LogP contribution >= 0.6 is 0 Å². The molecule has 2 atom stereocenters. The van der Waals surface area contributed by atoms with Crippen LogP contribution in [0.4, 0.5) is 4.39 Å². The number of pyridine rings is 1. The van der Waals surface area contributed by atoms with E-state index in [2.05, 4.69) is 15.2 Å². The molecule has 0 fully saturated rings. The van der Waals surface area contributed by atoms with Gasteiger partial charge in [0.15, 0.2) is 5.78 Å². The number of primary amides is 1. The summed E-state index contributed by atoms with van der Waals surface area (Å²) in [5.41, 5.74) is 6.09. The number of hydrogen-bond acceptors (Lipinski definition) is 6. The third-order valence-electron chi connectivity index (χ3n) is 6.89. The molecule has 0 saturated heterocycles. The number of hydrogen-bond donors (Lipinski definition) is 3. The highest BCUT2D eigenvalue weighted by atomic mass is 19.1. The molecule has 0 bridgehead atoms. The molecule has 0 saturated carbocycles. The van der Waals surface area contributed by atoms with E-state index in [-0.39, 0.29) is 30.9 Å². The number of rotatable bonds is 7. The molecule has 3 heterocycles. The van der Waals surface area contributed by atoms with Crippen LogP contribution in [0.2, 0.25) is 0 Å². The average Bonchev–Trinajstić information content (AvgIpc) is 3.47. The third-order valence-corrected chi connectivity index (χ3v) is 6.89. The number of amides is 1. The Labute approximate surface area is 206 Å². The molecule has 8 nitrogen and oxygen atoms in total. The van der Waals surface area contributed by atoms with E-state index < -0.39 is 22.7 Å².